The number of aromatic hydroxyl groups is 2. The van der Waals surface area contributed by atoms with E-state index in [-0.39, 0.29) is 29.1 Å². The second-order valence-corrected chi connectivity index (χ2v) is 10.1. The summed E-state index contributed by atoms with van der Waals surface area (Å²) in [6.45, 7) is 7.65. The first-order valence-corrected chi connectivity index (χ1v) is 13.1. The van der Waals surface area contributed by atoms with E-state index in [2.05, 4.69) is 20.4 Å². The van der Waals surface area contributed by atoms with Crippen LogP contribution in [-0.4, -0.2) is 56.0 Å². The minimum absolute atomic E-state index is 0.00266. The normalized spacial score (nSPS) is 11.2. The number of nitrogens with zero attached hydrogens (tertiary/aromatic N) is 3. The second-order valence-electron chi connectivity index (χ2n) is 10.1. The number of carbonyl (C=O) groups excluding carboxylic acids is 1. The third-order valence-corrected chi connectivity index (χ3v) is 6.45. The van der Waals surface area contributed by atoms with Gasteiger partial charge in [-0.3, -0.25) is 9.69 Å². The zero-order valence-corrected chi connectivity index (χ0v) is 23.1. The fraction of sp³-hybridized carbons (Fsp3) is 0.300. The lowest BCUT2D eigenvalue weighted by Crippen LogP contribution is -2.25. The molecule has 1 aromatic heterocycles. The van der Waals surface area contributed by atoms with Gasteiger partial charge in [0, 0.05) is 26.1 Å². The number of H-pyrrole nitrogens is 1. The first kappa shape index (κ1) is 28.4. The highest BCUT2D eigenvalue weighted by atomic mass is 16.5. The molecule has 1 heterocycles. The van der Waals surface area contributed by atoms with Crippen LogP contribution in [0.5, 0.6) is 17.2 Å². The number of phenols is 2. The average Bonchev–Trinajstić information content (AvgIpc) is 3.28. The zero-order chi connectivity index (χ0) is 28.8. The van der Waals surface area contributed by atoms with Crippen molar-refractivity contribution < 1.29 is 19.7 Å². The molecule has 0 aliphatic carbocycles. The molecular formula is C30H35N5O5. The van der Waals surface area contributed by atoms with Gasteiger partial charge in [-0.25, -0.2) is 14.5 Å². The summed E-state index contributed by atoms with van der Waals surface area (Å²) in [6, 6.07) is 18.4. The number of amides is 1. The quantitative estimate of drug-likeness (QED) is 0.210. The van der Waals surface area contributed by atoms with Crippen LogP contribution in [0.4, 0.5) is 0 Å². The number of aromatic amines is 1. The van der Waals surface area contributed by atoms with Crippen LogP contribution in [0.25, 0.3) is 17.1 Å². The molecule has 3 aromatic carbocycles. The van der Waals surface area contributed by atoms with Crippen molar-refractivity contribution in [3.63, 3.8) is 0 Å². The number of nitrogens with one attached hydrogen (secondary N) is 2. The van der Waals surface area contributed by atoms with E-state index in [4.69, 9.17) is 4.74 Å². The summed E-state index contributed by atoms with van der Waals surface area (Å²) in [5.41, 5.74) is 3.38. The molecule has 1 amide bonds. The summed E-state index contributed by atoms with van der Waals surface area (Å²) in [7, 11) is 2.03. The van der Waals surface area contributed by atoms with Crippen molar-refractivity contribution in [2.45, 2.75) is 39.8 Å². The van der Waals surface area contributed by atoms with Gasteiger partial charge in [-0.05, 0) is 60.0 Å². The maximum Gasteiger partial charge on any atom is 0.348 e. The van der Waals surface area contributed by atoms with E-state index in [1.54, 1.807) is 6.07 Å². The molecule has 0 bridgehead atoms. The smallest absolute Gasteiger partial charge is 0.348 e. The molecule has 40 heavy (non-hydrogen) atoms. The first-order valence-electron chi connectivity index (χ1n) is 13.1. The summed E-state index contributed by atoms with van der Waals surface area (Å²) >= 11 is 0. The Morgan fingerprint density at radius 2 is 1.65 bits per heavy atom. The summed E-state index contributed by atoms with van der Waals surface area (Å²) in [5, 5.41) is 30.1. The molecule has 4 N–H and O–H groups in total. The zero-order valence-electron chi connectivity index (χ0n) is 23.1. The van der Waals surface area contributed by atoms with Gasteiger partial charge >= 0.3 is 5.69 Å². The van der Waals surface area contributed by atoms with E-state index < -0.39 is 5.69 Å². The molecule has 10 nitrogen and oxygen atoms in total. The maximum atomic E-state index is 12.7. The van der Waals surface area contributed by atoms with E-state index in [0.29, 0.717) is 36.5 Å². The number of hydrogen-bond acceptors (Lipinski definition) is 7. The predicted molar refractivity (Wildman–Crippen MR) is 153 cm³/mol. The number of carbonyl (C=O) groups is 1. The van der Waals surface area contributed by atoms with Crippen LogP contribution in [0.3, 0.4) is 0 Å². The molecule has 4 rings (SSSR count). The molecule has 0 aliphatic rings. The number of hydrogen-bond donors (Lipinski definition) is 4. The van der Waals surface area contributed by atoms with Crippen molar-refractivity contribution in [3.8, 4) is 34.3 Å². The Kier molecular flexibility index (Phi) is 8.90. The van der Waals surface area contributed by atoms with Gasteiger partial charge in [0.05, 0.1) is 17.8 Å². The second kappa shape index (κ2) is 12.5. The molecule has 210 valence electrons. The Balaban J connectivity index is 1.42. The van der Waals surface area contributed by atoms with E-state index >= 15 is 0 Å². The molecule has 10 heteroatoms. The molecule has 4 aromatic rings. The largest absolute Gasteiger partial charge is 0.508 e. The Morgan fingerprint density at radius 1 is 1.02 bits per heavy atom. The van der Waals surface area contributed by atoms with E-state index in [9.17, 15) is 19.8 Å². The van der Waals surface area contributed by atoms with Crippen molar-refractivity contribution in [2.75, 3.05) is 20.2 Å². The summed E-state index contributed by atoms with van der Waals surface area (Å²) in [6.07, 6.45) is 0. The molecule has 0 atom stereocenters. The highest BCUT2D eigenvalue weighted by Gasteiger charge is 2.19. The summed E-state index contributed by atoms with van der Waals surface area (Å²) in [4.78, 5) is 25.8. The Hall–Kier alpha value is -4.57. The lowest BCUT2D eigenvalue weighted by Gasteiger charge is -2.18. The topological polar surface area (TPSA) is 133 Å². The van der Waals surface area contributed by atoms with Crippen LogP contribution in [0.15, 0.2) is 65.5 Å². The number of ether oxygens (including phenoxy) is 1. The Morgan fingerprint density at radius 3 is 2.25 bits per heavy atom. The molecule has 0 radical (unpaired) electrons. The van der Waals surface area contributed by atoms with Crippen LogP contribution < -0.4 is 15.7 Å². The lowest BCUT2D eigenvalue weighted by molar-refractivity contribution is -0.119. The molecular weight excluding hydrogens is 510 g/mol. The van der Waals surface area contributed by atoms with Crippen molar-refractivity contribution in [3.05, 3.63) is 87.8 Å². The van der Waals surface area contributed by atoms with Gasteiger partial charge in [-0.15, -0.1) is 0 Å². The van der Waals surface area contributed by atoms with Gasteiger partial charge in [-0.1, -0.05) is 38.1 Å². The highest BCUT2D eigenvalue weighted by molar-refractivity contribution is 5.72. The van der Waals surface area contributed by atoms with Crippen LogP contribution in [0.2, 0.25) is 0 Å². The number of benzene rings is 3. The molecule has 0 aliphatic heterocycles. The monoisotopic (exact) mass is 545 g/mol. The number of phenolic OH excluding ortho intramolecular Hbond substituents is 2. The molecule has 0 spiro atoms. The molecule has 0 saturated heterocycles. The fourth-order valence-corrected chi connectivity index (χ4v) is 4.47. The molecule has 0 saturated carbocycles. The summed E-state index contributed by atoms with van der Waals surface area (Å²) < 4.78 is 7.05. The highest BCUT2D eigenvalue weighted by Crippen LogP contribution is 2.37. The van der Waals surface area contributed by atoms with Crippen molar-refractivity contribution in [1.29, 1.82) is 0 Å². The minimum atomic E-state index is -0.430. The van der Waals surface area contributed by atoms with E-state index in [1.807, 2.05) is 69.4 Å². The molecule has 0 fully saturated rings. The van der Waals surface area contributed by atoms with Crippen molar-refractivity contribution in [1.82, 2.24) is 25.0 Å². The van der Waals surface area contributed by atoms with E-state index in [0.717, 1.165) is 23.4 Å². The Labute approximate surface area is 232 Å². The van der Waals surface area contributed by atoms with Crippen LogP contribution in [0, 0.1) is 0 Å². The maximum absolute atomic E-state index is 12.7. The SMILES string of the molecule is CC(=O)NCCOc1ccc(CN(C)Cc2ccc(-n3c(-c4cc(C(C)C)c(O)cc4O)n[nH]c3=O)cc2)cc1. The van der Waals surface area contributed by atoms with Gasteiger partial charge < -0.3 is 20.3 Å². The fourth-order valence-electron chi connectivity index (χ4n) is 4.47. The van der Waals surface area contributed by atoms with Crippen molar-refractivity contribution >= 4 is 5.91 Å². The van der Waals surface area contributed by atoms with Crippen LogP contribution >= 0.6 is 0 Å². The third kappa shape index (κ3) is 6.89. The van der Waals surface area contributed by atoms with Gasteiger partial charge in [-0.2, -0.15) is 5.10 Å². The van der Waals surface area contributed by atoms with Crippen molar-refractivity contribution in [2.24, 2.45) is 0 Å². The lowest BCUT2D eigenvalue weighted by atomic mass is 9.98. The van der Waals surface area contributed by atoms with Gasteiger partial charge in [0.1, 0.15) is 23.9 Å². The molecule has 0 unspecified atom stereocenters. The number of aromatic nitrogens is 3. The summed E-state index contributed by atoms with van der Waals surface area (Å²) in [5.74, 6) is 0.787. The van der Waals surface area contributed by atoms with Gasteiger partial charge in [0.15, 0.2) is 5.82 Å². The van der Waals surface area contributed by atoms with Crippen LogP contribution in [0.1, 0.15) is 43.4 Å². The average molecular weight is 546 g/mol. The minimum Gasteiger partial charge on any atom is -0.508 e. The standard InChI is InChI=1S/C30H35N5O5/c1-19(2)25-15-26(28(38)16-27(25)37)29-32-33-30(39)35(29)23-9-5-21(6-10-23)17-34(4)18-22-7-11-24(12-8-22)40-14-13-31-20(3)36/h5-12,15-16,19,37-38H,13-14,17-18H2,1-4H3,(H,31,36)(H,33,39). The Bertz CT molecular complexity index is 1510. The predicted octanol–water partition coefficient (Wildman–Crippen LogP) is 3.91. The third-order valence-electron chi connectivity index (χ3n) is 6.45. The first-order chi connectivity index (χ1) is 19.1. The van der Waals surface area contributed by atoms with E-state index in [1.165, 1.54) is 17.6 Å². The van der Waals surface area contributed by atoms with Gasteiger partial charge in [0.25, 0.3) is 0 Å². The van der Waals surface area contributed by atoms with Crippen LogP contribution in [-0.2, 0) is 17.9 Å². The van der Waals surface area contributed by atoms with Gasteiger partial charge in [0.2, 0.25) is 5.91 Å². The number of rotatable bonds is 11.